The molecule has 1 aromatic heterocycles. The molecule has 9 heteroatoms. The van der Waals surface area contributed by atoms with Crippen LogP contribution in [0.5, 0.6) is 0 Å². The van der Waals surface area contributed by atoms with Crippen LogP contribution < -0.4 is 10.7 Å². The second-order valence-corrected chi connectivity index (χ2v) is 6.29. The summed E-state index contributed by atoms with van der Waals surface area (Å²) in [4.78, 5) is 16.1. The first-order valence-corrected chi connectivity index (χ1v) is 8.32. The predicted octanol–water partition coefficient (Wildman–Crippen LogP) is 3.88. The third-order valence-corrected chi connectivity index (χ3v) is 4.30. The molecular formula is C17H13F3N4OS. The summed E-state index contributed by atoms with van der Waals surface area (Å²) in [6.07, 6.45) is -3.26. The van der Waals surface area contributed by atoms with Gasteiger partial charge in [0, 0.05) is 0 Å². The third-order valence-electron chi connectivity index (χ3n) is 3.31. The molecule has 0 aliphatic carbocycles. The Balaban J connectivity index is 1.53. The lowest BCUT2D eigenvalue weighted by Gasteiger charge is -2.06. The minimum atomic E-state index is -4.42. The minimum absolute atomic E-state index is 0.0558. The molecule has 0 bridgehead atoms. The molecule has 0 atom stereocenters. The average Bonchev–Trinajstić information content (AvgIpc) is 3.02. The number of amides is 1. The van der Waals surface area contributed by atoms with Crippen LogP contribution in [0.1, 0.15) is 11.1 Å². The largest absolute Gasteiger partial charge is 0.416 e. The van der Waals surface area contributed by atoms with Gasteiger partial charge >= 0.3 is 6.18 Å². The molecule has 5 nitrogen and oxygen atoms in total. The number of benzene rings is 2. The van der Waals surface area contributed by atoms with Gasteiger partial charge in [0.05, 0.1) is 28.5 Å². The van der Waals surface area contributed by atoms with E-state index in [-0.39, 0.29) is 12.1 Å². The van der Waals surface area contributed by atoms with Crippen LogP contribution >= 0.6 is 11.3 Å². The molecular weight excluding hydrogens is 365 g/mol. The van der Waals surface area contributed by atoms with Gasteiger partial charge < -0.3 is 5.32 Å². The van der Waals surface area contributed by atoms with Crippen molar-refractivity contribution in [2.75, 3.05) is 11.9 Å². The molecule has 0 saturated heterocycles. The summed E-state index contributed by atoms with van der Waals surface area (Å²) < 4.78 is 38.9. The zero-order valence-electron chi connectivity index (χ0n) is 13.2. The zero-order valence-corrected chi connectivity index (χ0v) is 14.1. The van der Waals surface area contributed by atoms with Gasteiger partial charge in [0.2, 0.25) is 0 Å². The highest BCUT2D eigenvalue weighted by molar-refractivity contribution is 7.22. The number of hydrogen-bond donors (Lipinski definition) is 2. The van der Waals surface area contributed by atoms with E-state index in [0.717, 1.165) is 28.6 Å². The molecule has 3 aromatic rings. The Labute approximate surface area is 150 Å². The van der Waals surface area contributed by atoms with Crippen LogP contribution in [0.2, 0.25) is 0 Å². The van der Waals surface area contributed by atoms with Gasteiger partial charge in [-0.1, -0.05) is 35.6 Å². The molecule has 0 spiro atoms. The zero-order chi connectivity index (χ0) is 18.6. The van der Waals surface area contributed by atoms with Gasteiger partial charge in [0.15, 0.2) is 5.13 Å². The van der Waals surface area contributed by atoms with E-state index < -0.39 is 17.6 Å². The van der Waals surface area contributed by atoms with E-state index in [9.17, 15) is 18.0 Å². The number of carbonyl (C=O) groups excluding carboxylic acids is 1. The van der Waals surface area contributed by atoms with E-state index in [2.05, 4.69) is 20.8 Å². The molecule has 0 aliphatic rings. The Kier molecular flexibility index (Phi) is 5.17. The highest BCUT2D eigenvalue weighted by Gasteiger charge is 2.30. The number of nitrogens with one attached hydrogen (secondary N) is 2. The first-order chi connectivity index (χ1) is 12.4. The molecule has 0 unspecified atom stereocenters. The predicted molar refractivity (Wildman–Crippen MR) is 95.3 cm³/mol. The molecule has 134 valence electrons. The maximum absolute atomic E-state index is 12.6. The normalized spacial score (nSPS) is 11.8. The molecule has 1 heterocycles. The summed E-state index contributed by atoms with van der Waals surface area (Å²) >= 11 is 1.42. The van der Waals surface area contributed by atoms with E-state index in [1.54, 1.807) is 0 Å². The lowest BCUT2D eigenvalue weighted by molar-refractivity contribution is -0.137. The van der Waals surface area contributed by atoms with Crippen LogP contribution in [-0.2, 0) is 11.0 Å². The number of anilines is 1. The van der Waals surface area contributed by atoms with Crippen molar-refractivity contribution in [1.29, 1.82) is 0 Å². The second kappa shape index (κ2) is 7.52. The summed E-state index contributed by atoms with van der Waals surface area (Å²) in [6.45, 7) is -0.0558. The lowest BCUT2D eigenvalue weighted by Crippen LogP contribution is -2.25. The van der Waals surface area contributed by atoms with E-state index >= 15 is 0 Å². The fraction of sp³-hybridized carbons (Fsp3) is 0.118. The van der Waals surface area contributed by atoms with Gasteiger partial charge in [-0.25, -0.2) is 10.4 Å². The molecule has 0 saturated carbocycles. The fourth-order valence-corrected chi connectivity index (χ4v) is 2.98. The van der Waals surface area contributed by atoms with E-state index in [0.29, 0.717) is 5.13 Å². The smallest absolute Gasteiger partial charge is 0.352 e. The van der Waals surface area contributed by atoms with Crippen molar-refractivity contribution in [3.63, 3.8) is 0 Å². The van der Waals surface area contributed by atoms with Crippen molar-refractivity contribution >= 4 is 38.8 Å². The van der Waals surface area contributed by atoms with Crippen LogP contribution in [0, 0.1) is 0 Å². The SMILES string of the molecule is O=C(CNc1nc2ccccc2s1)N/N=C\c1cccc(C(F)(F)F)c1. The van der Waals surface area contributed by atoms with Crippen LogP contribution in [0.25, 0.3) is 10.2 Å². The molecule has 0 fully saturated rings. The van der Waals surface area contributed by atoms with E-state index in [1.807, 2.05) is 24.3 Å². The van der Waals surface area contributed by atoms with Crippen molar-refractivity contribution in [3.8, 4) is 0 Å². The molecule has 1 amide bonds. The van der Waals surface area contributed by atoms with Crippen molar-refractivity contribution in [3.05, 3.63) is 59.7 Å². The highest BCUT2D eigenvalue weighted by atomic mass is 32.1. The molecule has 26 heavy (non-hydrogen) atoms. The van der Waals surface area contributed by atoms with Crippen LogP contribution in [0.3, 0.4) is 0 Å². The van der Waals surface area contributed by atoms with Crippen molar-refractivity contribution in [2.45, 2.75) is 6.18 Å². The Morgan fingerprint density at radius 2 is 2.00 bits per heavy atom. The number of aromatic nitrogens is 1. The number of fused-ring (bicyclic) bond motifs is 1. The summed E-state index contributed by atoms with van der Waals surface area (Å²) in [7, 11) is 0. The Hall–Kier alpha value is -2.94. The maximum atomic E-state index is 12.6. The topological polar surface area (TPSA) is 66.4 Å². The van der Waals surface area contributed by atoms with Crippen LogP contribution in [0.4, 0.5) is 18.3 Å². The quantitative estimate of drug-likeness (QED) is 0.523. The number of para-hydroxylation sites is 1. The first-order valence-electron chi connectivity index (χ1n) is 7.50. The Bertz CT molecular complexity index is 919. The van der Waals surface area contributed by atoms with E-state index in [1.165, 1.54) is 23.5 Å². The summed E-state index contributed by atoms with van der Waals surface area (Å²) in [5.41, 5.74) is 2.56. The highest BCUT2D eigenvalue weighted by Crippen LogP contribution is 2.29. The van der Waals surface area contributed by atoms with Gasteiger partial charge in [-0.2, -0.15) is 18.3 Å². The molecule has 0 aliphatic heterocycles. The molecule has 2 N–H and O–H groups in total. The van der Waals surface area contributed by atoms with Crippen molar-refractivity contribution in [1.82, 2.24) is 10.4 Å². The number of hydrazone groups is 1. The summed E-state index contributed by atoms with van der Waals surface area (Å²) in [5, 5.41) is 7.16. The van der Waals surface area contributed by atoms with Crippen molar-refractivity contribution < 1.29 is 18.0 Å². The Morgan fingerprint density at radius 3 is 2.77 bits per heavy atom. The number of carbonyl (C=O) groups is 1. The number of thiazole rings is 1. The van der Waals surface area contributed by atoms with Gasteiger partial charge in [0.1, 0.15) is 0 Å². The number of nitrogens with zero attached hydrogens (tertiary/aromatic N) is 2. The summed E-state index contributed by atoms with van der Waals surface area (Å²) in [5.74, 6) is -0.438. The molecule has 2 aromatic carbocycles. The average molecular weight is 378 g/mol. The number of rotatable bonds is 5. The summed E-state index contributed by atoms with van der Waals surface area (Å²) in [6, 6.07) is 12.2. The number of hydrogen-bond acceptors (Lipinski definition) is 5. The Morgan fingerprint density at radius 1 is 1.19 bits per heavy atom. The second-order valence-electron chi connectivity index (χ2n) is 5.26. The minimum Gasteiger partial charge on any atom is -0.352 e. The molecule has 0 radical (unpaired) electrons. The third kappa shape index (κ3) is 4.57. The van der Waals surface area contributed by atoms with Gasteiger partial charge in [-0.15, -0.1) is 0 Å². The first kappa shape index (κ1) is 17.9. The maximum Gasteiger partial charge on any atom is 0.416 e. The van der Waals surface area contributed by atoms with Crippen LogP contribution in [0.15, 0.2) is 53.6 Å². The van der Waals surface area contributed by atoms with Crippen LogP contribution in [-0.4, -0.2) is 23.7 Å². The van der Waals surface area contributed by atoms with Gasteiger partial charge in [0.25, 0.3) is 5.91 Å². The van der Waals surface area contributed by atoms with E-state index in [4.69, 9.17) is 0 Å². The van der Waals surface area contributed by atoms with Gasteiger partial charge in [-0.3, -0.25) is 4.79 Å². The number of halogens is 3. The fourth-order valence-electron chi connectivity index (χ4n) is 2.12. The standard InChI is InChI=1S/C17H13F3N4OS/c18-17(19,20)12-5-3-4-11(8-12)9-22-24-15(25)10-21-16-23-13-6-1-2-7-14(13)26-16/h1-9H,10H2,(H,21,23)(H,24,25)/b22-9-. The van der Waals surface area contributed by atoms with Gasteiger partial charge in [-0.05, 0) is 29.8 Å². The monoisotopic (exact) mass is 378 g/mol. The number of alkyl halides is 3. The lowest BCUT2D eigenvalue weighted by atomic mass is 10.1. The van der Waals surface area contributed by atoms with Crippen molar-refractivity contribution in [2.24, 2.45) is 5.10 Å². The molecule has 3 rings (SSSR count).